The van der Waals surface area contributed by atoms with Gasteiger partial charge in [0.05, 0.1) is 12.7 Å². The molecular weight excluding hydrogens is 200 g/mol. The first-order valence-electron chi connectivity index (χ1n) is 5.98. The van der Waals surface area contributed by atoms with E-state index >= 15 is 0 Å². The minimum absolute atomic E-state index is 0.260. The molecule has 0 spiro atoms. The number of hydrogen-bond acceptors (Lipinski definition) is 2. The molecule has 0 aromatic heterocycles. The lowest BCUT2D eigenvalue weighted by atomic mass is 9.94. The van der Waals surface area contributed by atoms with Crippen LogP contribution in [0.3, 0.4) is 0 Å². The Morgan fingerprint density at radius 1 is 1.31 bits per heavy atom. The van der Waals surface area contributed by atoms with Gasteiger partial charge < -0.3 is 9.84 Å². The van der Waals surface area contributed by atoms with E-state index in [2.05, 4.69) is 32.0 Å². The van der Waals surface area contributed by atoms with Gasteiger partial charge in [-0.25, -0.2) is 0 Å². The van der Waals surface area contributed by atoms with E-state index < -0.39 is 0 Å². The zero-order chi connectivity index (χ0) is 11.5. The van der Waals surface area contributed by atoms with Gasteiger partial charge in [0.1, 0.15) is 0 Å². The largest absolute Gasteiger partial charge is 0.392 e. The van der Waals surface area contributed by atoms with Gasteiger partial charge in [0.2, 0.25) is 0 Å². The topological polar surface area (TPSA) is 29.5 Å². The van der Waals surface area contributed by atoms with Crippen LogP contribution in [0.4, 0.5) is 0 Å². The second-order valence-corrected chi connectivity index (χ2v) is 4.89. The zero-order valence-electron chi connectivity index (χ0n) is 10.1. The van der Waals surface area contributed by atoms with Crippen LogP contribution in [-0.2, 0) is 11.2 Å². The van der Waals surface area contributed by atoms with Gasteiger partial charge in [-0.2, -0.15) is 0 Å². The molecule has 1 aromatic rings. The maximum Gasteiger partial charge on any atom is 0.0631 e. The van der Waals surface area contributed by atoms with E-state index in [1.807, 2.05) is 0 Å². The molecule has 0 bridgehead atoms. The van der Waals surface area contributed by atoms with Crippen LogP contribution in [-0.4, -0.2) is 24.4 Å². The van der Waals surface area contributed by atoms with Crippen molar-refractivity contribution in [2.75, 3.05) is 13.2 Å². The highest BCUT2D eigenvalue weighted by molar-refractivity contribution is 5.29. The highest BCUT2D eigenvalue weighted by Gasteiger charge is 2.23. The van der Waals surface area contributed by atoms with E-state index in [9.17, 15) is 5.11 Å². The Labute approximate surface area is 97.3 Å². The van der Waals surface area contributed by atoms with Crippen molar-refractivity contribution in [2.24, 2.45) is 5.92 Å². The van der Waals surface area contributed by atoms with Crippen molar-refractivity contribution in [1.29, 1.82) is 0 Å². The third kappa shape index (κ3) is 2.83. The molecule has 0 radical (unpaired) electrons. The molecule has 1 aromatic carbocycles. The third-order valence-corrected chi connectivity index (χ3v) is 3.24. The zero-order valence-corrected chi connectivity index (χ0v) is 10.1. The van der Waals surface area contributed by atoms with Crippen molar-refractivity contribution >= 4 is 0 Å². The second-order valence-electron chi connectivity index (χ2n) is 4.89. The smallest absolute Gasteiger partial charge is 0.0631 e. The molecule has 1 heterocycles. The summed E-state index contributed by atoms with van der Waals surface area (Å²) in [4.78, 5) is 0. The third-order valence-electron chi connectivity index (χ3n) is 3.24. The Hall–Kier alpha value is -0.860. The highest BCUT2D eigenvalue weighted by atomic mass is 16.5. The van der Waals surface area contributed by atoms with Crippen molar-refractivity contribution in [3.05, 3.63) is 34.9 Å². The Morgan fingerprint density at radius 3 is 2.56 bits per heavy atom. The molecule has 1 aliphatic heterocycles. The van der Waals surface area contributed by atoms with Gasteiger partial charge in [0.25, 0.3) is 0 Å². The fourth-order valence-corrected chi connectivity index (χ4v) is 2.45. The average Bonchev–Trinajstić information content (AvgIpc) is 2.68. The molecule has 0 saturated carbocycles. The molecule has 2 rings (SSSR count). The summed E-state index contributed by atoms with van der Waals surface area (Å²) in [6.07, 6.45) is 1.48. The number of aryl methyl sites for hydroxylation is 2. The molecule has 0 amide bonds. The lowest BCUT2D eigenvalue weighted by Gasteiger charge is -2.17. The molecule has 2 atom stereocenters. The predicted molar refractivity (Wildman–Crippen MR) is 64.6 cm³/mol. The molecule has 1 saturated heterocycles. The first-order valence-corrected chi connectivity index (χ1v) is 5.98. The number of aliphatic hydroxyl groups excluding tert-OH is 1. The summed E-state index contributed by atoms with van der Waals surface area (Å²) in [7, 11) is 0. The van der Waals surface area contributed by atoms with Crippen molar-refractivity contribution in [3.63, 3.8) is 0 Å². The van der Waals surface area contributed by atoms with Crippen molar-refractivity contribution in [3.8, 4) is 0 Å². The number of rotatable bonds is 3. The van der Waals surface area contributed by atoms with Gasteiger partial charge in [-0.3, -0.25) is 0 Å². The van der Waals surface area contributed by atoms with Crippen LogP contribution in [0.5, 0.6) is 0 Å². The SMILES string of the molecule is Cc1cc(C)cc(CC(O)C2CCOC2)c1. The van der Waals surface area contributed by atoms with Crippen LogP contribution in [0.15, 0.2) is 18.2 Å². The predicted octanol–water partition coefficient (Wildman–Crippen LogP) is 2.24. The quantitative estimate of drug-likeness (QED) is 0.846. The van der Waals surface area contributed by atoms with Crippen LogP contribution >= 0.6 is 0 Å². The molecule has 2 nitrogen and oxygen atoms in total. The number of benzene rings is 1. The maximum absolute atomic E-state index is 10.1. The molecule has 0 aliphatic carbocycles. The first-order chi connectivity index (χ1) is 7.65. The average molecular weight is 220 g/mol. The molecule has 1 fully saturated rings. The van der Waals surface area contributed by atoms with E-state index in [0.29, 0.717) is 12.5 Å². The van der Waals surface area contributed by atoms with Gasteiger partial charge in [-0.1, -0.05) is 29.3 Å². The Morgan fingerprint density at radius 2 is 2.00 bits per heavy atom. The van der Waals surface area contributed by atoms with Crippen molar-refractivity contribution in [1.82, 2.24) is 0 Å². The summed E-state index contributed by atoms with van der Waals surface area (Å²) in [5.41, 5.74) is 3.77. The second kappa shape index (κ2) is 4.98. The number of hydrogen-bond donors (Lipinski definition) is 1. The summed E-state index contributed by atoms with van der Waals surface area (Å²) in [6.45, 7) is 5.71. The standard InChI is InChI=1S/C14H20O2/c1-10-5-11(2)7-12(6-10)8-14(15)13-3-4-16-9-13/h5-7,13-15H,3-4,8-9H2,1-2H3. The summed E-state index contributed by atoms with van der Waals surface area (Å²) in [5, 5.41) is 10.1. The molecule has 1 aliphatic rings. The van der Waals surface area contributed by atoms with Crippen LogP contribution in [0.25, 0.3) is 0 Å². The van der Waals surface area contributed by atoms with Gasteiger partial charge in [0.15, 0.2) is 0 Å². The fraction of sp³-hybridized carbons (Fsp3) is 0.571. The monoisotopic (exact) mass is 220 g/mol. The molecular formula is C14H20O2. The van der Waals surface area contributed by atoms with Crippen LogP contribution in [0.2, 0.25) is 0 Å². The van der Waals surface area contributed by atoms with Crippen molar-refractivity contribution < 1.29 is 9.84 Å². The minimum Gasteiger partial charge on any atom is -0.392 e. The lowest BCUT2D eigenvalue weighted by molar-refractivity contribution is 0.0918. The Balaban J connectivity index is 2.02. The molecule has 2 unspecified atom stereocenters. The summed E-state index contributed by atoms with van der Waals surface area (Å²) >= 11 is 0. The molecule has 2 heteroatoms. The summed E-state index contributed by atoms with van der Waals surface area (Å²) < 4.78 is 5.30. The normalized spacial score (nSPS) is 22.3. The molecule has 88 valence electrons. The van der Waals surface area contributed by atoms with E-state index in [1.165, 1.54) is 16.7 Å². The Kier molecular flexibility index (Phi) is 3.62. The maximum atomic E-state index is 10.1. The van der Waals surface area contributed by atoms with Gasteiger partial charge in [-0.05, 0) is 32.3 Å². The molecule has 16 heavy (non-hydrogen) atoms. The highest BCUT2D eigenvalue weighted by Crippen LogP contribution is 2.20. The van der Waals surface area contributed by atoms with E-state index in [1.54, 1.807) is 0 Å². The lowest BCUT2D eigenvalue weighted by Crippen LogP contribution is -2.23. The van der Waals surface area contributed by atoms with Crippen molar-refractivity contribution in [2.45, 2.75) is 32.8 Å². The van der Waals surface area contributed by atoms with Gasteiger partial charge in [-0.15, -0.1) is 0 Å². The molecule has 1 N–H and O–H groups in total. The number of aliphatic hydroxyl groups is 1. The summed E-state index contributed by atoms with van der Waals surface area (Å²) in [6, 6.07) is 6.48. The summed E-state index contributed by atoms with van der Waals surface area (Å²) in [5.74, 6) is 0.320. The van der Waals surface area contributed by atoms with Gasteiger partial charge >= 0.3 is 0 Å². The van der Waals surface area contributed by atoms with E-state index in [-0.39, 0.29) is 6.10 Å². The first kappa shape index (κ1) is 11.6. The Bertz CT molecular complexity index is 334. The van der Waals surface area contributed by atoms with Crippen LogP contribution in [0.1, 0.15) is 23.1 Å². The van der Waals surface area contributed by atoms with E-state index in [4.69, 9.17) is 4.74 Å². The van der Waals surface area contributed by atoms with Gasteiger partial charge in [0, 0.05) is 12.5 Å². The van der Waals surface area contributed by atoms with Crippen LogP contribution in [0, 0.1) is 19.8 Å². The number of ether oxygens (including phenoxy) is 1. The van der Waals surface area contributed by atoms with Crippen LogP contribution < -0.4 is 0 Å². The minimum atomic E-state index is -0.260. The van der Waals surface area contributed by atoms with E-state index in [0.717, 1.165) is 19.4 Å². The fourth-order valence-electron chi connectivity index (χ4n) is 2.45.